The lowest BCUT2D eigenvalue weighted by Crippen LogP contribution is -2.13. The highest BCUT2D eigenvalue weighted by Crippen LogP contribution is 2.32. The second-order valence-corrected chi connectivity index (χ2v) is 5.97. The molecular weight excluding hydrogens is 330 g/mol. The van der Waals surface area contributed by atoms with E-state index in [0.717, 1.165) is 21.3 Å². The van der Waals surface area contributed by atoms with Crippen LogP contribution in [0.15, 0.2) is 40.9 Å². The first-order valence-corrected chi connectivity index (χ1v) is 7.85. The number of nitrogens with two attached hydrogens (primary N) is 1. The number of rotatable bonds is 4. The van der Waals surface area contributed by atoms with Crippen molar-refractivity contribution in [3.63, 3.8) is 0 Å². The summed E-state index contributed by atoms with van der Waals surface area (Å²) >= 11 is 3.59. The maximum absolute atomic E-state index is 6.42. The lowest BCUT2D eigenvalue weighted by Gasteiger charge is -2.16. The van der Waals surface area contributed by atoms with Crippen LogP contribution in [0.5, 0.6) is 5.75 Å². The van der Waals surface area contributed by atoms with Gasteiger partial charge in [0, 0.05) is 4.47 Å². The number of halogens is 1. The van der Waals surface area contributed by atoms with E-state index in [1.54, 1.807) is 0 Å². The predicted octanol–water partition coefficient (Wildman–Crippen LogP) is 3.93. The van der Waals surface area contributed by atoms with E-state index in [1.807, 2.05) is 25.1 Å². The highest BCUT2D eigenvalue weighted by Gasteiger charge is 2.17. The van der Waals surface area contributed by atoms with E-state index < -0.39 is 0 Å². The summed E-state index contributed by atoms with van der Waals surface area (Å²) in [6.07, 6.45) is 0. The number of hydrogen-bond acceptors (Lipinski definition) is 3. The summed E-state index contributed by atoms with van der Waals surface area (Å²) in [5.41, 5.74) is 11.1. The quantitative estimate of drug-likeness (QED) is 0.911. The Bertz CT molecular complexity index is 657. The lowest BCUT2D eigenvalue weighted by molar-refractivity contribution is 0.134. The first kappa shape index (κ1) is 14.6. The van der Waals surface area contributed by atoms with E-state index in [9.17, 15) is 0 Å². The van der Waals surface area contributed by atoms with Gasteiger partial charge in [0.05, 0.1) is 25.9 Å². The molecule has 1 aliphatic heterocycles. The van der Waals surface area contributed by atoms with E-state index in [-0.39, 0.29) is 6.04 Å². The molecule has 0 saturated carbocycles. The van der Waals surface area contributed by atoms with E-state index in [1.165, 1.54) is 11.1 Å². The summed E-state index contributed by atoms with van der Waals surface area (Å²) in [5.74, 6) is 0.850. The van der Waals surface area contributed by atoms with Gasteiger partial charge in [-0.3, -0.25) is 0 Å². The zero-order valence-corrected chi connectivity index (χ0v) is 13.5. The van der Waals surface area contributed by atoms with E-state index in [4.69, 9.17) is 15.2 Å². The summed E-state index contributed by atoms with van der Waals surface area (Å²) in [6, 6.07) is 12.1. The SMILES string of the molecule is CCOc1ccc(C(N)c2ccc3c(c2)COC3)c(Br)c1. The standard InChI is InChI=1S/C17H18BrNO2/c1-2-21-14-5-6-15(16(18)8-14)17(19)11-3-4-12-9-20-10-13(12)7-11/h3-8,17H,2,9-10,19H2,1H3. The molecule has 0 saturated heterocycles. The molecule has 0 aliphatic carbocycles. The average Bonchev–Trinajstić information content (AvgIpc) is 2.94. The molecule has 1 atom stereocenters. The first-order valence-electron chi connectivity index (χ1n) is 7.06. The minimum absolute atomic E-state index is 0.166. The van der Waals surface area contributed by atoms with Gasteiger partial charge in [-0.05, 0) is 41.3 Å². The number of hydrogen-bond donors (Lipinski definition) is 1. The van der Waals surface area contributed by atoms with Crippen molar-refractivity contribution >= 4 is 15.9 Å². The largest absolute Gasteiger partial charge is 0.494 e. The van der Waals surface area contributed by atoms with Crippen LogP contribution >= 0.6 is 15.9 Å². The Labute approximate surface area is 133 Å². The molecule has 110 valence electrons. The Balaban J connectivity index is 1.89. The molecule has 1 unspecified atom stereocenters. The summed E-state index contributed by atoms with van der Waals surface area (Å²) in [7, 11) is 0. The average molecular weight is 348 g/mol. The Hall–Kier alpha value is -1.36. The third-order valence-electron chi connectivity index (χ3n) is 3.72. The molecule has 2 aromatic carbocycles. The Morgan fingerprint density at radius 2 is 2.00 bits per heavy atom. The van der Waals surface area contributed by atoms with Crippen LogP contribution in [0.25, 0.3) is 0 Å². The number of ether oxygens (including phenoxy) is 2. The van der Waals surface area contributed by atoms with Crippen LogP contribution in [0.2, 0.25) is 0 Å². The molecule has 0 radical (unpaired) electrons. The van der Waals surface area contributed by atoms with Crippen LogP contribution in [0, 0.1) is 0 Å². The Morgan fingerprint density at radius 3 is 2.76 bits per heavy atom. The maximum atomic E-state index is 6.42. The summed E-state index contributed by atoms with van der Waals surface area (Å²) in [5, 5.41) is 0. The van der Waals surface area contributed by atoms with Crippen molar-refractivity contribution in [2.24, 2.45) is 5.73 Å². The van der Waals surface area contributed by atoms with Gasteiger partial charge >= 0.3 is 0 Å². The molecule has 3 nitrogen and oxygen atoms in total. The topological polar surface area (TPSA) is 44.5 Å². The van der Waals surface area contributed by atoms with E-state index in [2.05, 4.69) is 34.1 Å². The third kappa shape index (κ3) is 2.98. The van der Waals surface area contributed by atoms with Gasteiger partial charge in [0.1, 0.15) is 5.75 Å². The zero-order valence-electron chi connectivity index (χ0n) is 11.9. The second kappa shape index (κ2) is 6.18. The highest BCUT2D eigenvalue weighted by molar-refractivity contribution is 9.10. The molecule has 1 heterocycles. The lowest BCUT2D eigenvalue weighted by atomic mass is 9.96. The van der Waals surface area contributed by atoms with Crippen molar-refractivity contribution in [1.29, 1.82) is 0 Å². The van der Waals surface area contributed by atoms with Crippen molar-refractivity contribution in [2.45, 2.75) is 26.2 Å². The Morgan fingerprint density at radius 1 is 1.19 bits per heavy atom. The molecule has 0 amide bonds. The van der Waals surface area contributed by atoms with Crippen molar-refractivity contribution in [1.82, 2.24) is 0 Å². The van der Waals surface area contributed by atoms with Crippen LogP contribution in [0.4, 0.5) is 0 Å². The molecular formula is C17H18BrNO2. The van der Waals surface area contributed by atoms with Gasteiger partial charge in [0.15, 0.2) is 0 Å². The van der Waals surface area contributed by atoms with Gasteiger partial charge in [-0.1, -0.05) is 40.2 Å². The minimum Gasteiger partial charge on any atom is -0.494 e. The normalized spacial score (nSPS) is 14.8. The second-order valence-electron chi connectivity index (χ2n) is 5.11. The monoisotopic (exact) mass is 347 g/mol. The first-order chi connectivity index (χ1) is 10.2. The van der Waals surface area contributed by atoms with Gasteiger partial charge < -0.3 is 15.2 Å². The van der Waals surface area contributed by atoms with Crippen LogP contribution in [-0.4, -0.2) is 6.61 Å². The third-order valence-corrected chi connectivity index (χ3v) is 4.41. The van der Waals surface area contributed by atoms with Crippen molar-refractivity contribution in [3.05, 3.63) is 63.1 Å². The van der Waals surface area contributed by atoms with Gasteiger partial charge in [0.25, 0.3) is 0 Å². The van der Waals surface area contributed by atoms with Gasteiger partial charge in [-0.2, -0.15) is 0 Å². The molecule has 0 spiro atoms. The molecule has 3 rings (SSSR count). The fourth-order valence-electron chi connectivity index (χ4n) is 2.58. The van der Waals surface area contributed by atoms with Crippen molar-refractivity contribution in [2.75, 3.05) is 6.61 Å². The number of benzene rings is 2. The van der Waals surface area contributed by atoms with Crippen molar-refractivity contribution in [3.8, 4) is 5.75 Å². The van der Waals surface area contributed by atoms with Gasteiger partial charge in [0.2, 0.25) is 0 Å². The molecule has 4 heteroatoms. The Kier molecular flexibility index (Phi) is 4.29. The summed E-state index contributed by atoms with van der Waals surface area (Å²) in [6.45, 7) is 4.01. The van der Waals surface area contributed by atoms with E-state index >= 15 is 0 Å². The molecule has 0 aromatic heterocycles. The van der Waals surface area contributed by atoms with Crippen molar-refractivity contribution < 1.29 is 9.47 Å². The number of fused-ring (bicyclic) bond motifs is 1. The molecule has 1 aliphatic rings. The van der Waals surface area contributed by atoms with Gasteiger partial charge in [-0.25, -0.2) is 0 Å². The molecule has 2 N–H and O–H groups in total. The fraction of sp³-hybridized carbons (Fsp3) is 0.294. The van der Waals surface area contributed by atoms with Crippen LogP contribution in [0.3, 0.4) is 0 Å². The minimum atomic E-state index is -0.166. The predicted molar refractivity (Wildman–Crippen MR) is 86.3 cm³/mol. The fourth-order valence-corrected chi connectivity index (χ4v) is 3.19. The molecule has 2 aromatic rings. The van der Waals surface area contributed by atoms with Crippen LogP contribution in [0.1, 0.15) is 35.2 Å². The highest BCUT2D eigenvalue weighted by atomic mass is 79.9. The summed E-state index contributed by atoms with van der Waals surface area (Å²) in [4.78, 5) is 0. The molecule has 0 bridgehead atoms. The van der Waals surface area contributed by atoms with Gasteiger partial charge in [-0.15, -0.1) is 0 Å². The smallest absolute Gasteiger partial charge is 0.120 e. The maximum Gasteiger partial charge on any atom is 0.120 e. The molecule has 21 heavy (non-hydrogen) atoms. The van der Waals surface area contributed by atoms with Crippen LogP contribution < -0.4 is 10.5 Å². The van der Waals surface area contributed by atoms with E-state index in [0.29, 0.717) is 19.8 Å². The summed E-state index contributed by atoms with van der Waals surface area (Å²) < 4.78 is 11.9. The zero-order chi connectivity index (χ0) is 14.8. The van der Waals surface area contributed by atoms with Crippen LogP contribution in [-0.2, 0) is 18.0 Å². The molecule has 0 fully saturated rings.